The van der Waals surface area contributed by atoms with Gasteiger partial charge < -0.3 is 24.9 Å². The molecule has 0 aliphatic carbocycles. The smallest absolute Gasteiger partial charge is 0.358 e. The number of nitrogens with zero attached hydrogens (tertiary/aromatic N) is 5. The highest BCUT2D eigenvalue weighted by Crippen LogP contribution is 2.17. The van der Waals surface area contributed by atoms with E-state index in [4.69, 9.17) is 10.3 Å². The molecule has 3 rings (SSSR count). The van der Waals surface area contributed by atoms with Crippen LogP contribution in [-0.2, 0) is 19.5 Å². The van der Waals surface area contributed by atoms with Crippen LogP contribution in [0, 0.1) is 17.0 Å². The van der Waals surface area contributed by atoms with Gasteiger partial charge in [-0.25, -0.2) is 0 Å². The molecule has 24 heavy (non-hydrogen) atoms. The van der Waals surface area contributed by atoms with Gasteiger partial charge in [0.05, 0.1) is 0 Å². The summed E-state index contributed by atoms with van der Waals surface area (Å²) in [5.41, 5.74) is 7.44. The van der Waals surface area contributed by atoms with E-state index < -0.39 is 4.92 Å². The SMILES string of the molecule is Cc1nc([N+](=O)[O-])cn1CCc1nc(-c2ccc(CN)cc2)no1. The van der Waals surface area contributed by atoms with E-state index in [0.29, 0.717) is 37.0 Å². The van der Waals surface area contributed by atoms with E-state index in [1.807, 2.05) is 24.3 Å². The van der Waals surface area contributed by atoms with Crippen LogP contribution in [0.5, 0.6) is 0 Å². The Morgan fingerprint density at radius 3 is 2.67 bits per heavy atom. The average Bonchev–Trinajstić information content (AvgIpc) is 3.20. The fourth-order valence-electron chi connectivity index (χ4n) is 2.29. The van der Waals surface area contributed by atoms with E-state index in [1.165, 1.54) is 6.20 Å². The van der Waals surface area contributed by atoms with Crippen molar-refractivity contribution >= 4 is 5.82 Å². The second-order valence-corrected chi connectivity index (χ2v) is 5.26. The third-order valence-electron chi connectivity index (χ3n) is 3.63. The Morgan fingerprint density at radius 1 is 1.29 bits per heavy atom. The quantitative estimate of drug-likeness (QED) is 0.540. The van der Waals surface area contributed by atoms with Gasteiger partial charge in [0.2, 0.25) is 17.5 Å². The molecule has 0 saturated heterocycles. The summed E-state index contributed by atoms with van der Waals surface area (Å²) in [6.45, 7) is 2.67. The number of nitrogens with two attached hydrogens (primary N) is 1. The van der Waals surface area contributed by atoms with Gasteiger partial charge in [-0.15, -0.1) is 0 Å². The van der Waals surface area contributed by atoms with E-state index in [0.717, 1.165) is 11.1 Å². The van der Waals surface area contributed by atoms with Crippen molar-refractivity contribution in [2.75, 3.05) is 0 Å². The Kier molecular flexibility index (Phi) is 4.34. The number of aryl methyl sites for hydroxylation is 3. The van der Waals surface area contributed by atoms with Crippen molar-refractivity contribution < 1.29 is 9.45 Å². The van der Waals surface area contributed by atoms with Gasteiger partial charge in [-0.2, -0.15) is 4.98 Å². The molecule has 0 atom stereocenters. The summed E-state index contributed by atoms with van der Waals surface area (Å²) in [6.07, 6.45) is 1.86. The monoisotopic (exact) mass is 328 g/mol. The number of benzene rings is 1. The predicted octanol–water partition coefficient (Wildman–Crippen LogP) is 1.85. The second kappa shape index (κ2) is 6.59. The highest BCUT2D eigenvalue weighted by atomic mass is 16.6. The van der Waals surface area contributed by atoms with Gasteiger partial charge in [-0.3, -0.25) is 0 Å². The van der Waals surface area contributed by atoms with Crippen LogP contribution >= 0.6 is 0 Å². The van der Waals surface area contributed by atoms with Crippen LogP contribution < -0.4 is 5.73 Å². The van der Waals surface area contributed by atoms with Crippen LogP contribution in [0.3, 0.4) is 0 Å². The molecular weight excluding hydrogens is 312 g/mol. The van der Waals surface area contributed by atoms with Crippen LogP contribution in [0.15, 0.2) is 35.0 Å². The van der Waals surface area contributed by atoms with E-state index in [9.17, 15) is 10.1 Å². The topological polar surface area (TPSA) is 126 Å². The van der Waals surface area contributed by atoms with Crippen LogP contribution in [0.2, 0.25) is 0 Å². The van der Waals surface area contributed by atoms with Gasteiger partial charge in [-0.05, 0) is 15.5 Å². The minimum absolute atomic E-state index is 0.168. The van der Waals surface area contributed by atoms with Crippen molar-refractivity contribution in [3.8, 4) is 11.4 Å². The molecule has 124 valence electrons. The van der Waals surface area contributed by atoms with Gasteiger partial charge in [0, 0.05) is 32.0 Å². The molecule has 0 spiro atoms. The lowest BCUT2D eigenvalue weighted by molar-refractivity contribution is -0.389. The number of imidazole rings is 1. The Labute approximate surface area is 137 Å². The second-order valence-electron chi connectivity index (χ2n) is 5.26. The molecule has 3 aromatic rings. The summed E-state index contributed by atoms with van der Waals surface area (Å²) in [7, 11) is 0. The molecule has 0 bridgehead atoms. The summed E-state index contributed by atoms with van der Waals surface area (Å²) in [6, 6.07) is 7.61. The lowest BCUT2D eigenvalue weighted by Gasteiger charge is -1.98. The number of aromatic nitrogens is 4. The standard InChI is InChI=1S/C15H16N6O3/c1-10-17-13(21(22)23)9-20(10)7-6-14-18-15(19-24-14)12-4-2-11(8-16)3-5-12/h2-5,9H,6-8,16H2,1H3. The molecule has 0 amide bonds. The molecule has 0 radical (unpaired) electrons. The zero-order chi connectivity index (χ0) is 17.1. The molecular formula is C15H16N6O3. The summed E-state index contributed by atoms with van der Waals surface area (Å²) in [5.74, 6) is 1.36. The van der Waals surface area contributed by atoms with Gasteiger partial charge in [0.15, 0.2) is 0 Å². The normalized spacial score (nSPS) is 10.9. The third kappa shape index (κ3) is 3.30. The first kappa shape index (κ1) is 15.8. The van der Waals surface area contributed by atoms with Gasteiger partial charge in [0.1, 0.15) is 6.20 Å². The molecule has 2 heterocycles. The van der Waals surface area contributed by atoms with Crippen LogP contribution in [-0.4, -0.2) is 24.6 Å². The summed E-state index contributed by atoms with van der Waals surface area (Å²) < 4.78 is 6.93. The minimum Gasteiger partial charge on any atom is -0.358 e. The highest BCUT2D eigenvalue weighted by Gasteiger charge is 2.16. The maximum Gasteiger partial charge on any atom is 0.381 e. The van der Waals surface area contributed by atoms with Crippen molar-refractivity contribution in [2.45, 2.75) is 26.4 Å². The van der Waals surface area contributed by atoms with E-state index in [-0.39, 0.29) is 5.82 Å². The number of hydrogen-bond donors (Lipinski definition) is 1. The van der Waals surface area contributed by atoms with E-state index in [2.05, 4.69) is 15.1 Å². The maximum absolute atomic E-state index is 10.7. The first-order valence-electron chi connectivity index (χ1n) is 7.37. The van der Waals surface area contributed by atoms with Crippen LogP contribution in [0.1, 0.15) is 17.3 Å². The molecule has 0 unspecified atom stereocenters. The van der Waals surface area contributed by atoms with E-state index >= 15 is 0 Å². The molecule has 9 heteroatoms. The van der Waals surface area contributed by atoms with Gasteiger partial charge in [0.25, 0.3) is 0 Å². The Hall–Kier alpha value is -3.07. The van der Waals surface area contributed by atoms with Crippen molar-refractivity contribution in [1.82, 2.24) is 19.7 Å². The number of hydrogen-bond acceptors (Lipinski definition) is 7. The fourth-order valence-corrected chi connectivity index (χ4v) is 2.29. The van der Waals surface area contributed by atoms with E-state index in [1.54, 1.807) is 11.5 Å². The largest absolute Gasteiger partial charge is 0.381 e. The third-order valence-corrected chi connectivity index (χ3v) is 3.63. The molecule has 2 N–H and O–H groups in total. The molecule has 0 aliphatic rings. The van der Waals surface area contributed by atoms with Crippen molar-refractivity contribution in [3.05, 3.63) is 57.9 Å². The average molecular weight is 328 g/mol. The minimum atomic E-state index is -0.515. The number of rotatable bonds is 6. The molecule has 0 saturated carbocycles. The summed E-state index contributed by atoms with van der Waals surface area (Å²) in [5, 5.41) is 14.7. The lowest BCUT2D eigenvalue weighted by atomic mass is 10.1. The molecule has 2 aromatic heterocycles. The molecule has 1 aromatic carbocycles. The number of nitro groups is 1. The van der Waals surface area contributed by atoms with Gasteiger partial charge in [-0.1, -0.05) is 29.4 Å². The predicted molar refractivity (Wildman–Crippen MR) is 84.9 cm³/mol. The first-order chi connectivity index (χ1) is 11.6. The first-order valence-corrected chi connectivity index (χ1v) is 7.37. The fraction of sp³-hybridized carbons (Fsp3) is 0.267. The van der Waals surface area contributed by atoms with Gasteiger partial charge >= 0.3 is 5.82 Å². The van der Waals surface area contributed by atoms with Crippen LogP contribution in [0.25, 0.3) is 11.4 Å². The molecule has 0 fully saturated rings. The lowest BCUT2D eigenvalue weighted by Crippen LogP contribution is -2.02. The summed E-state index contributed by atoms with van der Waals surface area (Å²) >= 11 is 0. The summed E-state index contributed by atoms with van der Waals surface area (Å²) in [4.78, 5) is 18.4. The zero-order valence-corrected chi connectivity index (χ0v) is 13.0. The Balaban J connectivity index is 1.68. The van der Waals surface area contributed by atoms with Crippen molar-refractivity contribution in [3.63, 3.8) is 0 Å². The van der Waals surface area contributed by atoms with Crippen LogP contribution in [0.4, 0.5) is 5.82 Å². The zero-order valence-electron chi connectivity index (χ0n) is 13.0. The molecule has 9 nitrogen and oxygen atoms in total. The maximum atomic E-state index is 10.7. The molecule has 0 aliphatic heterocycles. The Bertz CT molecular complexity index is 852. The van der Waals surface area contributed by atoms with Crippen molar-refractivity contribution in [1.29, 1.82) is 0 Å². The highest BCUT2D eigenvalue weighted by molar-refractivity contribution is 5.54. The van der Waals surface area contributed by atoms with Crippen molar-refractivity contribution in [2.24, 2.45) is 5.73 Å². The Morgan fingerprint density at radius 2 is 2.04 bits per heavy atom.